The fraction of sp³-hybridized carbons (Fsp3) is 0.750. The van der Waals surface area contributed by atoms with Crippen molar-refractivity contribution in [1.29, 1.82) is 0 Å². The number of β-lactam (4-membered cyclic amide) rings is 1. The number of carbonyl (C=O) groups is 1. The van der Waals surface area contributed by atoms with Gasteiger partial charge in [0.15, 0.2) is 0 Å². The third-order valence-corrected chi connectivity index (χ3v) is 1.16. The van der Waals surface area contributed by atoms with E-state index in [2.05, 4.69) is 15.3 Å². The van der Waals surface area contributed by atoms with Crippen LogP contribution in [0.3, 0.4) is 0 Å². The fourth-order valence-corrected chi connectivity index (χ4v) is 0.676. The highest BCUT2D eigenvalue weighted by Gasteiger charge is 2.23. The van der Waals surface area contributed by atoms with Crippen molar-refractivity contribution in [3.8, 4) is 0 Å². The van der Waals surface area contributed by atoms with Crippen molar-refractivity contribution in [3.05, 3.63) is 10.4 Å². The van der Waals surface area contributed by atoms with Crippen molar-refractivity contribution in [2.75, 3.05) is 6.54 Å². The molecule has 0 saturated carbocycles. The molecule has 0 spiro atoms. The summed E-state index contributed by atoms with van der Waals surface area (Å²) in [6.45, 7) is 0.377. The first-order valence-electron chi connectivity index (χ1n) is 2.63. The van der Waals surface area contributed by atoms with Crippen molar-refractivity contribution in [2.45, 2.75) is 12.5 Å². The maximum absolute atomic E-state index is 10.2. The first kappa shape index (κ1) is 5.91. The van der Waals surface area contributed by atoms with Crippen molar-refractivity contribution in [3.63, 3.8) is 0 Å². The van der Waals surface area contributed by atoms with Gasteiger partial charge in [-0.2, -0.15) is 0 Å². The van der Waals surface area contributed by atoms with Crippen LogP contribution in [-0.4, -0.2) is 18.5 Å². The second-order valence-corrected chi connectivity index (χ2v) is 1.88. The molecule has 5 heteroatoms. The van der Waals surface area contributed by atoms with Gasteiger partial charge in [0.1, 0.15) is 0 Å². The minimum absolute atomic E-state index is 0.0353. The van der Waals surface area contributed by atoms with Crippen LogP contribution in [-0.2, 0) is 4.79 Å². The number of hydrogen-bond donors (Lipinski definition) is 1. The lowest BCUT2D eigenvalue weighted by Gasteiger charge is -2.24. The van der Waals surface area contributed by atoms with Crippen LogP contribution in [0, 0.1) is 0 Å². The monoisotopic (exact) mass is 126 g/mol. The van der Waals surface area contributed by atoms with E-state index in [0.29, 0.717) is 13.0 Å². The lowest BCUT2D eigenvalue weighted by atomic mass is 10.1. The van der Waals surface area contributed by atoms with Crippen LogP contribution < -0.4 is 5.32 Å². The Bertz CT molecular complexity index is 163. The molecule has 0 aromatic carbocycles. The predicted octanol–water partition coefficient (Wildman–Crippen LogP) is 0.185. The molecule has 1 N–H and O–H groups in total. The topological polar surface area (TPSA) is 77.9 Å². The van der Waals surface area contributed by atoms with Crippen LogP contribution in [0.25, 0.3) is 10.4 Å². The Hall–Kier alpha value is -1.22. The zero-order valence-corrected chi connectivity index (χ0v) is 4.74. The van der Waals surface area contributed by atoms with Crippen LogP contribution >= 0.6 is 0 Å². The molecule has 0 unspecified atom stereocenters. The highest BCUT2D eigenvalue weighted by molar-refractivity contribution is 5.82. The third-order valence-electron chi connectivity index (χ3n) is 1.16. The van der Waals surface area contributed by atoms with E-state index in [0.717, 1.165) is 0 Å². The molecular formula is C4H6N4O. The lowest BCUT2D eigenvalue weighted by Crippen LogP contribution is -2.50. The molecule has 1 rings (SSSR count). The Morgan fingerprint density at radius 3 is 3.11 bits per heavy atom. The van der Waals surface area contributed by atoms with E-state index < -0.39 is 0 Å². The molecule has 0 bridgehead atoms. The normalized spacial score (nSPS) is 23.6. The van der Waals surface area contributed by atoms with Gasteiger partial charge >= 0.3 is 0 Å². The maximum Gasteiger partial charge on any atom is 0.222 e. The molecule has 9 heavy (non-hydrogen) atoms. The Morgan fingerprint density at radius 2 is 2.67 bits per heavy atom. The van der Waals surface area contributed by atoms with Gasteiger partial charge in [0.2, 0.25) is 5.91 Å². The summed E-state index contributed by atoms with van der Waals surface area (Å²) < 4.78 is 0. The third kappa shape index (κ3) is 1.33. The minimum atomic E-state index is 0.0353. The van der Waals surface area contributed by atoms with Gasteiger partial charge in [-0.05, 0) is 5.53 Å². The summed E-state index contributed by atoms with van der Waals surface area (Å²) in [4.78, 5) is 12.8. The molecule has 1 saturated heterocycles. The molecule has 5 nitrogen and oxygen atoms in total. The summed E-state index contributed by atoms with van der Waals surface area (Å²) in [7, 11) is 0. The van der Waals surface area contributed by atoms with E-state index >= 15 is 0 Å². The lowest BCUT2D eigenvalue weighted by molar-refractivity contribution is -0.127. The van der Waals surface area contributed by atoms with Gasteiger partial charge in [-0.15, -0.1) is 0 Å². The van der Waals surface area contributed by atoms with Crippen LogP contribution in [0.4, 0.5) is 0 Å². The number of nitrogens with one attached hydrogen (secondary N) is 1. The van der Waals surface area contributed by atoms with Crippen LogP contribution in [0.15, 0.2) is 5.11 Å². The summed E-state index contributed by atoms with van der Waals surface area (Å²) in [5, 5.41) is 5.87. The quantitative estimate of drug-likeness (QED) is 0.243. The predicted molar refractivity (Wildman–Crippen MR) is 30.6 cm³/mol. The van der Waals surface area contributed by atoms with E-state index in [1.165, 1.54) is 0 Å². The summed E-state index contributed by atoms with van der Waals surface area (Å²) in [5.41, 5.74) is 7.85. The van der Waals surface area contributed by atoms with Gasteiger partial charge in [-0.25, -0.2) is 0 Å². The van der Waals surface area contributed by atoms with Gasteiger partial charge in [0, 0.05) is 23.9 Å². The Morgan fingerprint density at radius 1 is 2.00 bits per heavy atom. The van der Waals surface area contributed by atoms with Crippen molar-refractivity contribution >= 4 is 5.91 Å². The summed E-state index contributed by atoms with van der Waals surface area (Å²) in [6.07, 6.45) is 0.499. The molecule has 0 aromatic heterocycles. The zero-order valence-electron chi connectivity index (χ0n) is 4.74. The molecule has 48 valence electrons. The first-order chi connectivity index (χ1) is 4.33. The number of carbonyl (C=O) groups excluding carboxylic acids is 1. The number of azide groups is 1. The van der Waals surface area contributed by atoms with E-state index in [-0.39, 0.29) is 11.9 Å². The van der Waals surface area contributed by atoms with Crippen molar-refractivity contribution in [2.24, 2.45) is 5.11 Å². The van der Waals surface area contributed by atoms with E-state index in [1.807, 2.05) is 0 Å². The van der Waals surface area contributed by atoms with Gasteiger partial charge in [-0.1, -0.05) is 5.11 Å². The first-order valence-corrected chi connectivity index (χ1v) is 2.63. The molecule has 1 atom stereocenters. The Balaban J connectivity index is 2.17. The molecule has 1 aliphatic rings. The van der Waals surface area contributed by atoms with E-state index in [1.54, 1.807) is 0 Å². The number of nitrogens with zero attached hydrogens (tertiary/aromatic N) is 3. The highest BCUT2D eigenvalue weighted by atomic mass is 16.2. The highest BCUT2D eigenvalue weighted by Crippen LogP contribution is 2.03. The second-order valence-electron chi connectivity index (χ2n) is 1.88. The van der Waals surface area contributed by atoms with E-state index in [9.17, 15) is 4.79 Å². The number of amides is 1. The van der Waals surface area contributed by atoms with E-state index in [4.69, 9.17) is 5.53 Å². The smallest absolute Gasteiger partial charge is 0.222 e. The molecular weight excluding hydrogens is 120 g/mol. The van der Waals surface area contributed by atoms with Crippen LogP contribution in [0.2, 0.25) is 0 Å². The number of rotatable bonds is 2. The second kappa shape index (κ2) is 2.37. The largest absolute Gasteiger partial charge is 0.353 e. The summed E-state index contributed by atoms with van der Waals surface area (Å²) in [5.74, 6) is 0.0353. The number of hydrogen-bond acceptors (Lipinski definition) is 2. The Labute approximate surface area is 51.7 Å². The molecule has 0 radical (unpaired) electrons. The average molecular weight is 126 g/mol. The molecule has 1 aliphatic heterocycles. The summed E-state index contributed by atoms with van der Waals surface area (Å²) >= 11 is 0. The average Bonchev–Trinajstić information content (AvgIpc) is 1.78. The Kier molecular flexibility index (Phi) is 1.55. The molecule has 0 aliphatic carbocycles. The summed E-state index contributed by atoms with van der Waals surface area (Å²) in [6, 6.07) is 0.0911. The zero-order chi connectivity index (χ0) is 6.69. The van der Waals surface area contributed by atoms with Crippen LogP contribution in [0.5, 0.6) is 0 Å². The molecule has 1 heterocycles. The van der Waals surface area contributed by atoms with Gasteiger partial charge in [-0.3, -0.25) is 4.79 Å². The van der Waals surface area contributed by atoms with Gasteiger partial charge in [0.25, 0.3) is 0 Å². The maximum atomic E-state index is 10.2. The fourth-order valence-electron chi connectivity index (χ4n) is 0.676. The molecule has 0 aromatic rings. The standard InChI is InChI=1S/C4H6N4O/c5-8-6-2-3-1-4(9)7-3/h3H,1-2H2,(H,7,9)/t3-/m1/s1. The van der Waals surface area contributed by atoms with Gasteiger partial charge < -0.3 is 5.32 Å². The van der Waals surface area contributed by atoms with Crippen molar-refractivity contribution in [1.82, 2.24) is 5.32 Å². The van der Waals surface area contributed by atoms with Crippen molar-refractivity contribution < 1.29 is 4.79 Å². The van der Waals surface area contributed by atoms with Gasteiger partial charge in [0.05, 0.1) is 0 Å². The SMILES string of the molecule is [N-]=[N+]=NC[C@H]1CC(=O)N1. The van der Waals surface area contributed by atoms with Crippen LogP contribution in [0.1, 0.15) is 6.42 Å². The molecule has 1 amide bonds. The minimum Gasteiger partial charge on any atom is -0.353 e. The molecule has 1 fully saturated rings.